The number of hydrogen-bond donors (Lipinski definition) is 0. The summed E-state index contributed by atoms with van der Waals surface area (Å²) in [7, 11) is 0. The molecule has 0 bridgehead atoms. The highest BCUT2D eigenvalue weighted by molar-refractivity contribution is 4.66. The lowest BCUT2D eigenvalue weighted by atomic mass is 9.84. The van der Waals surface area contributed by atoms with Crippen molar-refractivity contribution >= 4 is 0 Å². The molecule has 0 amide bonds. The molecule has 0 aromatic carbocycles. The van der Waals surface area contributed by atoms with Gasteiger partial charge in [0.25, 0.3) is 0 Å². The zero-order chi connectivity index (χ0) is 9.56. The number of hydrogen-bond acceptors (Lipinski definition) is 0. The van der Waals surface area contributed by atoms with E-state index in [0.717, 1.165) is 17.8 Å². The predicted molar refractivity (Wildman–Crippen MR) is 57.3 cm³/mol. The van der Waals surface area contributed by atoms with Gasteiger partial charge in [0.15, 0.2) is 0 Å². The fourth-order valence-corrected chi connectivity index (χ4v) is 1.74. The smallest absolute Gasteiger partial charge is 0.0440 e. The van der Waals surface area contributed by atoms with E-state index in [-0.39, 0.29) is 0 Å². The van der Waals surface area contributed by atoms with Crippen LogP contribution in [0.1, 0.15) is 60.3 Å². The molecular weight excluding hydrogens is 144 g/mol. The Hall–Kier alpha value is 0. The molecule has 0 aliphatic heterocycles. The van der Waals surface area contributed by atoms with Crippen molar-refractivity contribution in [3.8, 4) is 0 Å². The van der Waals surface area contributed by atoms with Crippen molar-refractivity contribution in [1.29, 1.82) is 0 Å². The second kappa shape index (κ2) is 6.51. The van der Waals surface area contributed by atoms with Crippen LogP contribution in [0.2, 0.25) is 0 Å². The average Bonchev–Trinajstić information content (AvgIpc) is 1.84. The molecule has 1 aliphatic rings. The summed E-state index contributed by atoms with van der Waals surface area (Å²) in [6.07, 6.45) is 5.90. The molecule has 0 saturated heterocycles. The number of rotatable bonds is 0. The third-order valence-electron chi connectivity index (χ3n) is 2.20. The summed E-state index contributed by atoms with van der Waals surface area (Å²) in [5.74, 6) is 2.86. The monoisotopic (exact) mass is 170 g/mol. The second-order valence-electron chi connectivity index (χ2n) is 5.11. The fourth-order valence-electron chi connectivity index (χ4n) is 1.74. The van der Waals surface area contributed by atoms with Crippen LogP contribution in [-0.4, -0.2) is 0 Å². The van der Waals surface area contributed by atoms with E-state index in [1.165, 1.54) is 25.7 Å². The predicted octanol–water partition coefficient (Wildman–Crippen LogP) is 4.49. The van der Waals surface area contributed by atoms with Gasteiger partial charge in [0.1, 0.15) is 0 Å². The van der Waals surface area contributed by atoms with Gasteiger partial charge in [-0.15, -0.1) is 0 Å². The van der Waals surface area contributed by atoms with E-state index >= 15 is 0 Å². The maximum atomic E-state index is 2.37. The van der Waals surface area contributed by atoms with Crippen molar-refractivity contribution in [2.24, 2.45) is 17.8 Å². The highest BCUT2D eigenvalue weighted by Gasteiger charge is 2.13. The van der Waals surface area contributed by atoms with Gasteiger partial charge in [-0.1, -0.05) is 53.9 Å². The molecule has 0 heteroatoms. The van der Waals surface area contributed by atoms with Crippen LogP contribution in [0.25, 0.3) is 0 Å². The van der Waals surface area contributed by atoms with Crippen LogP contribution >= 0.6 is 0 Å². The third-order valence-corrected chi connectivity index (χ3v) is 2.20. The molecule has 1 aliphatic carbocycles. The first-order valence-corrected chi connectivity index (χ1v) is 5.52. The van der Waals surface area contributed by atoms with Crippen molar-refractivity contribution < 1.29 is 0 Å². The Morgan fingerprint density at radius 1 is 0.917 bits per heavy atom. The van der Waals surface area contributed by atoms with E-state index < -0.39 is 0 Å². The summed E-state index contributed by atoms with van der Waals surface area (Å²) in [4.78, 5) is 0. The van der Waals surface area contributed by atoms with Gasteiger partial charge in [-0.05, 0) is 24.2 Å². The van der Waals surface area contributed by atoms with E-state index in [4.69, 9.17) is 0 Å². The largest absolute Gasteiger partial charge is 0.0630 e. The molecule has 0 aromatic rings. The minimum Gasteiger partial charge on any atom is -0.0630 e. The molecule has 0 spiro atoms. The minimum atomic E-state index is 0.833. The van der Waals surface area contributed by atoms with Crippen molar-refractivity contribution in [2.75, 3.05) is 0 Å². The quantitative estimate of drug-likeness (QED) is 0.502. The first-order chi connectivity index (χ1) is 5.52. The molecule has 0 N–H and O–H groups in total. The molecule has 2 unspecified atom stereocenters. The molecule has 0 heterocycles. The topological polar surface area (TPSA) is 0 Å². The highest BCUT2D eigenvalue weighted by Crippen LogP contribution is 2.27. The van der Waals surface area contributed by atoms with E-state index in [2.05, 4.69) is 34.6 Å². The standard InChI is InChI=1S/C8H16.C4H10/c1-7-4-3-5-8(2)6-7;1-4(2)3/h7-8H,3-6H2,1-2H3;4H,1-3H3. The second-order valence-corrected chi connectivity index (χ2v) is 5.11. The molecule has 1 fully saturated rings. The van der Waals surface area contributed by atoms with Crippen LogP contribution in [-0.2, 0) is 0 Å². The summed E-state index contributed by atoms with van der Waals surface area (Å²) in [6, 6.07) is 0. The zero-order valence-electron chi connectivity index (χ0n) is 9.56. The molecule has 12 heavy (non-hydrogen) atoms. The molecule has 74 valence electrons. The van der Waals surface area contributed by atoms with E-state index in [9.17, 15) is 0 Å². The molecule has 0 aromatic heterocycles. The van der Waals surface area contributed by atoms with E-state index in [1.54, 1.807) is 0 Å². The minimum absolute atomic E-state index is 0.833. The van der Waals surface area contributed by atoms with Gasteiger partial charge in [0.05, 0.1) is 0 Å². The highest BCUT2D eigenvalue weighted by atomic mass is 14.2. The summed E-state index contributed by atoms with van der Waals surface area (Å²) < 4.78 is 0. The van der Waals surface area contributed by atoms with Gasteiger partial charge in [0.2, 0.25) is 0 Å². The Morgan fingerprint density at radius 3 is 1.42 bits per heavy atom. The van der Waals surface area contributed by atoms with E-state index in [0.29, 0.717) is 0 Å². The van der Waals surface area contributed by atoms with Gasteiger partial charge in [-0.2, -0.15) is 0 Å². The molecule has 0 nitrogen and oxygen atoms in total. The van der Waals surface area contributed by atoms with Gasteiger partial charge >= 0.3 is 0 Å². The van der Waals surface area contributed by atoms with Crippen molar-refractivity contribution in [2.45, 2.75) is 60.3 Å². The van der Waals surface area contributed by atoms with E-state index in [1.807, 2.05) is 0 Å². The SMILES string of the molecule is CC(C)C.CC1CCCC(C)C1. The molecule has 1 saturated carbocycles. The lowest BCUT2D eigenvalue weighted by Crippen LogP contribution is -2.09. The Labute approximate surface area is 78.8 Å². The maximum Gasteiger partial charge on any atom is -0.0440 e. The van der Waals surface area contributed by atoms with Crippen LogP contribution in [0.4, 0.5) is 0 Å². The van der Waals surface area contributed by atoms with Crippen LogP contribution in [0.5, 0.6) is 0 Å². The Morgan fingerprint density at radius 2 is 1.25 bits per heavy atom. The van der Waals surface area contributed by atoms with Crippen molar-refractivity contribution in [3.63, 3.8) is 0 Å². The Bertz CT molecular complexity index is 83.5. The maximum absolute atomic E-state index is 2.37. The fraction of sp³-hybridized carbons (Fsp3) is 1.00. The lowest BCUT2D eigenvalue weighted by molar-refractivity contribution is 0.301. The van der Waals surface area contributed by atoms with Crippen LogP contribution < -0.4 is 0 Å². The summed E-state index contributed by atoms with van der Waals surface area (Å²) >= 11 is 0. The van der Waals surface area contributed by atoms with Gasteiger partial charge in [-0.25, -0.2) is 0 Å². The Kier molecular flexibility index (Phi) is 6.51. The first kappa shape index (κ1) is 12.0. The lowest BCUT2D eigenvalue weighted by Gasteiger charge is -2.22. The zero-order valence-corrected chi connectivity index (χ0v) is 9.56. The molecular formula is C12H26. The van der Waals surface area contributed by atoms with Gasteiger partial charge < -0.3 is 0 Å². The third kappa shape index (κ3) is 8.10. The van der Waals surface area contributed by atoms with Crippen LogP contribution in [0.3, 0.4) is 0 Å². The molecule has 1 rings (SSSR count). The van der Waals surface area contributed by atoms with Crippen molar-refractivity contribution in [3.05, 3.63) is 0 Å². The Balaban J connectivity index is 0.000000261. The average molecular weight is 170 g/mol. The molecule has 2 atom stereocenters. The summed E-state index contributed by atoms with van der Waals surface area (Å²) in [5.41, 5.74) is 0. The van der Waals surface area contributed by atoms with Crippen molar-refractivity contribution in [1.82, 2.24) is 0 Å². The van der Waals surface area contributed by atoms with Gasteiger partial charge in [0, 0.05) is 0 Å². The van der Waals surface area contributed by atoms with Crippen LogP contribution in [0.15, 0.2) is 0 Å². The van der Waals surface area contributed by atoms with Gasteiger partial charge in [-0.3, -0.25) is 0 Å². The van der Waals surface area contributed by atoms with Crippen LogP contribution in [0, 0.1) is 17.8 Å². The first-order valence-electron chi connectivity index (χ1n) is 5.52. The summed E-state index contributed by atoms with van der Waals surface area (Å²) in [6.45, 7) is 11.2. The summed E-state index contributed by atoms with van der Waals surface area (Å²) in [5, 5.41) is 0. The molecule has 0 radical (unpaired) electrons. The normalized spacial score (nSPS) is 29.5.